The number of rotatable bonds is 4. The van der Waals surface area contributed by atoms with Gasteiger partial charge in [0.15, 0.2) is 0 Å². The van der Waals surface area contributed by atoms with Crippen LogP contribution in [0.2, 0.25) is 0 Å². The normalized spacial score (nSPS) is 10.8. The van der Waals surface area contributed by atoms with Gasteiger partial charge in [-0.25, -0.2) is 4.98 Å². The summed E-state index contributed by atoms with van der Waals surface area (Å²) >= 11 is 1.68. The Bertz CT molecular complexity index is 680. The summed E-state index contributed by atoms with van der Waals surface area (Å²) in [5, 5.41) is 3.13. The highest BCUT2D eigenvalue weighted by atomic mass is 32.1. The van der Waals surface area contributed by atoms with Crippen LogP contribution in [0.5, 0.6) is 5.88 Å². The molecule has 0 unspecified atom stereocenters. The Labute approximate surface area is 115 Å². The van der Waals surface area contributed by atoms with Crippen LogP contribution in [0.25, 0.3) is 10.9 Å². The molecule has 1 aromatic carbocycles. The number of nitrogens with zero attached hydrogens (tertiary/aromatic N) is 1. The van der Waals surface area contributed by atoms with Crippen LogP contribution in [0.1, 0.15) is 10.4 Å². The third-order valence-electron chi connectivity index (χ3n) is 2.91. The Hall–Kier alpha value is -1.91. The van der Waals surface area contributed by atoms with Crippen LogP contribution in [-0.2, 0) is 13.2 Å². The van der Waals surface area contributed by atoms with Crippen molar-refractivity contribution in [1.29, 1.82) is 0 Å². The summed E-state index contributed by atoms with van der Waals surface area (Å²) in [6, 6.07) is 14.1. The fourth-order valence-corrected chi connectivity index (χ4v) is 2.56. The SMILES string of the molecule is NCc1cc2ccccc2nc1OCc1cccs1. The fraction of sp³-hybridized carbons (Fsp3) is 0.133. The Morgan fingerprint density at radius 1 is 1.16 bits per heavy atom. The molecule has 0 aliphatic carbocycles. The van der Waals surface area contributed by atoms with Gasteiger partial charge in [-0.05, 0) is 23.6 Å². The molecule has 0 aliphatic heterocycles. The number of ether oxygens (including phenoxy) is 1. The Balaban J connectivity index is 1.92. The molecule has 2 N–H and O–H groups in total. The second-order valence-corrected chi connectivity index (χ2v) is 5.25. The van der Waals surface area contributed by atoms with E-state index in [4.69, 9.17) is 10.5 Å². The van der Waals surface area contributed by atoms with Crippen LogP contribution >= 0.6 is 11.3 Å². The predicted octanol–water partition coefficient (Wildman–Crippen LogP) is 3.33. The number of thiophene rings is 1. The number of nitrogens with two attached hydrogens (primary N) is 1. The molecule has 3 rings (SSSR count). The Morgan fingerprint density at radius 3 is 2.84 bits per heavy atom. The first-order chi connectivity index (χ1) is 9.36. The standard InChI is InChI=1S/C15H14N2OS/c16-9-12-8-11-4-1-2-6-14(11)17-15(12)18-10-13-5-3-7-19-13/h1-8H,9-10,16H2. The minimum atomic E-state index is 0.428. The molecule has 0 amide bonds. The minimum absolute atomic E-state index is 0.428. The molecule has 0 bridgehead atoms. The summed E-state index contributed by atoms with van der Waals surface area (Å²) in [6.45, 7) is 0.966. The second-order valence-electron chi connectivity index (χ2n) is 4.22. The molecule has 0 fully saturated rings. The van der Waals surface area contributed by atoms with Gasteiger partial charge in [0.2, 0.25) is 5.88 Å². The Morgan fingerprint density at radius 2 is 2.05 bits per heavy atom. The average molecular weight is 270 g/mol. The summed E-state index contributed by atoms with van der Waals surface area (Å²) in [6.07, 6.45) is 0. The highest BCUT2D eigenvalue weighted by Gasteiger charge is 2.07. The van der Waals surface area contributed by atoms with Gasteiger partial charge >= 0.3 is 0 Å². The van der Waals surface area contributed by atoms with Gasteiger partial charge in [-0.1, -0.05) is 24.3 Å². The maximum absolute atomic E-state index is 5.80. The summed E-state index contributed by atoms with van der Waals surface area (Å²) in [7, 11) is 0. The van der Waals surface area contributed by atoms with Crippen LogP contribution in [0.3, 0.4) is 0 Å². The third kappa shape index (κ3) is 2.59. The minimum Gasteiger partial charge on any atom is -0.472 e. The summed E-state index contributed by atoms with van der Waals surface area (Å²) < 4.78 is 5.80. The molecule has 4 heteroatoms. The molecule has 0 aliphatic rings. The van der Waals surface area contributed by atoms with E-state index in [1.54, 1.807) is 11.3 Å². The van der Waals surface area contributed by atoms with E-state index in [2.05, 4.69) is 4.98 Å². The van der Waals surface area contributed by atoms with E-state index in [0.717, 1.165) is 16.5 Å². The van der Waals surface area contributed by atoms with Gasteiger partial charge in [0.05, 0.1) is 5.52 Å². The summed E-state index contributed by atoms with van der Waals surface area (Å²) in [5.74, 6) is 0.634. The zero-order valence-corrected chi connectivity index (χ0v) is 11.2. The lowest BCUT2D eigenvalue weighted by Crippen LogP contribution is -2.04. The number of para-hydroxylation sites is 1. The summed E-state index contributed by atoms with van der Waals surface area (Å²) in [5.41, 5.74) is 7.64. The van der Waals surface area contributed by atoms with Crippen molar-refractivity contribution >= 4 is 22.2 Å². The smallest absolute Gasteiger partial charge is 0.218 e. The quantitative estimate of drug-likeness (QED) is 0.791. The van der Waals surface area contributed by atoms with Crippen molar-refractivity contribution < 1.29 is 4.74 Å². The number of hydrogen-bond donors (Lipinski definition) is 1. The number of hydrogen-bond acceptors (Lipinski definition) is 4. The molecule has 19 heavy (non-hydrogen) atoms. The molecule has 0 radical (unpaired) electrons. The first-order valence-electron chi connectivity index (χ1n) is 6.11. The number of pyridine rings is 1. The predicted molar refractivity (Wildman–Crippen MR) is 78.3 cm³/mol. The van der Waals surface area contributed by atoms with E-state index in [-0.39, 0.29) is 0 Å². The zero-order valence-electron chi connectivity index (χ0n) is 10.4. The first-order valence-corrected chi connectivity index (χ1v) is 6.98. The maximum Gasteiger partial charge on any atom is 0.218 e. The lowest BCUT2D eigenvalue weighted by Gasteiger charge is -2.10. The first kappa shape index (κ1) is 12.1. The van der Waals surface area contributed by atoms with Crippen molar-refractivity contribution in [3.05, 3.63) is 58.3 Å². The van der Waals surface area contributed by atoms with E-state index in [1.807, 2.05) is 47.8 Å². The van der Waals surface area contributed by atoms with E-state index >= 15 is 0 Å². The van der Waals surface area contributed by atoms with Crippen molar-refractivity contribution in [2.45, 2.75) is 13.2 Å². The monoisotopic (exact) mass is 270 g/mol. The molecule has 0 saturated carbocycles. The molecule has 2 aromatic heterocycles. The molecular weight excluding hydrogens is 256 g/mol. The molecular formula is C15H14N2OS. The molecule has 3 nitrogen and oxygen atoms in total. The van der Waals surface area contributed by atoms with E-state index in [1.165, 1.54) is 4.88 Å². The number of fused-ring (bicyclic) bond motifs is 1. The molecule has 3 aromatic rings. The van der Waals surface area contributed by atoms with E-state index in [0.29, 0.717) is 19.0 Å². The zero-order chi connectivity index (χ0) is 13.1. The van der Waals surface area contributed by atoms with Gasteiger partial charge in [-0.15, -0.1) is 11.3 Å². The molecule has 96 valence electrons. The van der Waals surface area contributed by atoms with Gasteiger partial charge in [0.25, 0.3) is 0 Å². The van der Waals surface area contributed by atoms with Crippen molar-refractivity contribution in [1.82, 2.24) is 4.98 Å². The highest BCUT2D eigenvalue weighted by molar-refractivity contribution is 7.09. The largest absolute Gasteiger partial charge is 0.472 e. The Kier molecular flexibility index (Phi) is 3.44. The number of aromatic nitrogens is 1. The van der Waals surface area contributed by atoms with Crippen LogP contribution in [0, 0.1) is 0 Å². The van der Waals surface area contributed by atoms with Crippen LogP contribution in [0.15, 0.2) is 47.8 Å². The van der Waals surface area contributed by atoms with Crippen molar-refractivity contribution in [3.8, 4) is 5.88 Å². The molecule has 0 saturated heterocycles. The van der Waals surface area contributed by atoms with Crippen molar-refractivity contribution in [2.75, 3.05) is 0 Å². The van der Waals surface area contributed by atoms with Gasteiger partial charge < -0.3 is 10.5 Å². The maximum atomic E-state index is 5.80. The van der Waals surface area contributed by atoms with Gasteiger partial charge in [-0.3, -0.25) is 0 Å². The van der Waals surface area contributed by atoms with Crippen LogP contribution < -0.4 is 10.5 Å². The van der Waals surface area contributed by atoms with Crippen molar-refractivity contribution in [3.63, 3.8) is 0 Å². The number of benzene rings is 1. The van der Waals surface area contributed by atoms with Crippen LogP contribution in [-0.4, -0.2) is 4.98 Å². The molecule has 0 spiro atoms. The van der Waals surface area contributed by atoms with Crippen LogP contribution in [0.4, 0.5) is 0 Å². The lowest BCUT2D eigenvalue weighted by molar-refractivity contribution is 0.295. The lowest BCUT2D eigenvalue weighted by atomic mass is 10.1. The molecule has 2 heterocycles. The third-order valence-corrected chi connectivity index (χ3v) is 3.76. The van der Waals surface area contributed by atoms with Crippen molar-refractivity contribution in [2.24, 2.45) is 5.73 Å². The average Bonchev–Trinajstić information content (AvgIpc) is 2.97. The second kappa shape index (κ2) is 5.38. The van der Waals surface area contributed by atoms with E-state index < -0.39 is 0 Å². The van der Waals surface area contributed by atoms with Gasteiger partial charge in [0, 0.05) is 22.4 Å². The molecule has 0 atom stereocenters. The topological polar surface area (TPSA) is 48.1 Å². The highest BCUT2D eigenvalue weighted by Crippen LogP contribution is 2.23. The fourth-order valence-electron chi connectivity index (χ4n) is 1.95. The van der Waals surface area contributed by atoms with Gasteiger partial charge in [-0.2, -0.15) is 0 Å². The van der Waals surface area contributed by atoms with Gasteiger partial charge in [0.1, 0.15) is 6.61 Å². The summed E-state index contributed by atoms with van der Waals surface area (Å²) in [4.78, 5) is 5.73. The van der Waals surface area contributed by atoms with E-state index in [9.17, 15) is 0 Å².